The van der Waals surface area contributed by atoms with Gasteiger partial charge in [0.15, 0.2) is 11.4 Å². The highest BCUT2D eigenvalue weighted by atomic mass is 16.3. The maximum Gasteiger partial charge on any atom is 0.170 e. The molecule has 0 spiro atoms. The van der Waals surface area contributed by atoms with Crippen LogP contribution in [0.1, 0.15) is 56.1 Å². The summed E-state index contributed by atoms with van der Waals surface area (Å²) in [5.41, 5.74) is 0.578. The van der Waals surface area contributed by atoms with E-state index in [2.05, 4.69) is 29.3 Å². The van der Waals surface area contributed by atoms with Crippen LogP contribution in [0, 0.1) is 17.8 Å². The Morgan fingerprint density at radius 2 is 1.62 bits per heavy atom. The molecule has 0 heterocycles. The summed E-state index contributed by atoms with van der Waals surface area (Å²) in [5, 5.41) is 14.8. The van der Waals surface area contributed by atoms with Crippen LogP contribution in [0.2, 0.25) is 0 Å². The number of hydrogen-bond donors (Lipinski definition) is 2. The summed E-state index contributed by atoms with van der Waals surface area (Å²) in [6, 6.07) is 19.7. The van der Waals surface area contributed by atoms with Crippen LogP contribution in [0.5, 0.6) is 0 Å². The topological polar surface area (TPSA) is 49.3 Å². The van der Waals surface area contributed by atoms with E-state index in [-0.39, 0.29) is 18.1 Å². The molecular formula is C26H31NO2. The number of ketones is 1. The molecule has 1 atom stereocenters. The molecule has 3 rings (SSSR count). The van der Waals surface area contributed by atoms with Gasteiger partial charge in [-0.15, -0.1) is 5.92 Å². The Labute approximate surface area is 174 Å². The fraction of sp³-hybridized carbons (Fsp3) is 0.423. The van der Waals surface area contributed by atoms with Gasteiger partial charge in [-0.2, -0.15) is 0 Å². The zero-order valence-electron chi connectivity index (χ0n) is 17.1. The van der Waals surface area contributed by atoms with Crippen molar-refractivity contribution in [1.29, 1.82) is 0 Å². The highest BCUT2D eigenvalue weighted by Crippen LogP contribution is 2.40. The molecule has 1 fully saturated rings. The molecule has 0 bridgehead atoms. The van der Waals surface area contributed by atoms with E-state index in [0.717, 1.165) is 37.8 Å². The van der Waals surface area contributed by atoms with E-state index in [1.807, 2.05) is 48.5 Å². The standard InChI is InChI=1S/C26H31NO2/c28-25(19-11-4-12-20-27-21-22-13-5-1-6-14-22)26(29,23-15-7-2-8-16-23)24-17-9-3-10-18-24/h1-2,5-8,13-16,24,27,29H,3,9-11,17-21H2. The minimum Gasteiger partial charge on any atom is -0.377 e. The predicted molar refractivity (Wildman–Crippen MR) is 117 cm³/mol. The van der Waals surface area contributed by atoms with Gasteiger partial charge in [-0.05, 0) is 29.9 Å². The van der Waals surface area contributed by atoms with E-state index in [0.29, 0.717) is 13.0 Å². The average Bonchev–Trinajstić information content (AvgIpc) is 2.79. The first kappa shape index (κ1) is 21.3. The molecule has 2 aromatic carbocycles. The van der Waals surface area contributed by atoms with Crippen molar-refractivity contribution in [3.8, 4) is 11.8 Å². The Hall–Kier alpha value is -2.41. The predicted octanol–water partition coefficient (Wildman–Crippen LogP) is 4.60. The van der Waals surface area contributed by atoms with Gasteiger partial charge >= 0.3 is 0 Å². The van der Waals surface area contributed by atoms with E-state index in [1.165, 1.54) is 12.0 Å². The molecule has 2 N–H and O–H groups in total. The van der Waals surface area contributed by atoms with Crippen molar-refractivity contribution in [3.05, 3.63) is 71.8 Å². The second-order valence-corrected chi connectivity index (χ2v) is 7.83. The molecule has 0 aliphatic heterocycles. The van der Waals surface area contributed by atoms with Crippen molar-refractivity contribution in [2.24, 2.45) is 5.92 Å². The summed E-state index contributed by atoms with van der Waals surface area (Å²) in [6.07, 6.45) is 5.94. The lowest BCUT2D eigenvalue weighted by Crippen LogP contribution is -2.44. The Morgan fingerprint density at radius 3 is 2.31 bits per heavy atom. The van der Waals surface area contributed by atoms with Crippen LogP contribution in [-0.2, 0) is 16.9 Å². The van der Waals surface area contributed by atoms with Crippen molar-refractivity contribution in [3.63, 3.8) is 0 Å². The van der Waals surface area contributed by atoms with Gasteiger partial charge in [0.25, 0.3) is 0 Å². The van der Waals surface area contributed by atoms with Crippen LogP contribution in [0.4, 0.5) is 0 Å². The SMILES string of the molecule is O=C(CCC#CCNCc1ccccc1)C(O)(c1ccccc1)C1CCCCC1. The first-order valence-corrected chi connectivity index (χ1v) is 10.7. The molecule has 152 valence electrons. The number of rotatable bonds is 8. The molecule has 0 radical (unpaired) electrons. The summed E-state index contributed by atoms with van der Waals surface area (Å²) in [5.74, 6) is 6.08. The minimum atomic E-state index is -1.38. The summed E-state index contributed by atoms with van der Waals surface area (Å²) in [4.78, 5) is 13.1. The summed E-state index contributed by atoms with van der Waals surface area (Å²) in [6.45, 7) is 1.37. The van der Waals surface area contributed by atoms with E-state index in [9.17, 15) is 9.90 Å². The summed E-state index contributed by atoms with van der Waals surface area (Å²) < 4.78 is 0. The molecule has 3 nitrogen and oxygen atoms in total. The van der Waals surface area contributed by atoms with Gasteiger partial charge in [-0.25, -0.2) is 0 Å². The fourth-order valence-corrected chi connectivity index (χ4v) is 4.22. The first-order valence-electron chi connectivity index (χ1n) is 10.7. The Morgan fingerprint density at radius 1 is 0.966 bits per heavy atom. The number of Topliss-reactive ketones (excluding diaryl/α,β-unsaturated/α-hetero) is 1. The number of carbonyl (C=O) groups excluding carboxylic acids is 1. The normalized spacial score (nSPS) is 16.4. The molecule has 2 aromatic rings. The summed E-state index contributed by atoms with van der Waals surface area (Å²) >= 11 is 0. The molecule has 29 heavy (non-hydrogen) atoms. The lowest BCUT2D eigenvalue weighted by Gasteiger charge is -2.37. The van der Waals surface area contributed by atoms with Crippen molar-refractivity contribution >= 4 is 5.78 Å². The maximum absolute atomic E-state index is 13.1. The second-order valence-electron chi connectivity index (χ2n) is 7.83. The van der Waals surface area contributed by atoms with Gasteiger partial charge in [-0.3, -0.25) is 4.79 Å². The van der Waals surface area contributed by atoms with Gasteiger partial charge < -0.3 is 10.4 Å². The van der Waals surface area contributed by atoms with E-state index < -0.39 is 5.60 Å². The molecule has 1 aliphatic rings. The number of carbonyl (C=O) groups is 1. The number of hydrogen-bond acceptors (Lipinski definition) is 3. The zero-order chi connectivity index (χ0) is 20.4. The summed E-state index contributed by atoms with van der Waals surface area (Å²) in [7, 11) is 0. The van der Waals surface area contributed by atoms with Gasteiger partial charge in [0.2, 0.25) is 0 Å². The third-order valence-electron chi connectivity index (χ3n) is 5.82. The van der Waals surface area contributed by atoms with Crippen LogP contribution < -0.4 is 5.32 Å². The van der Waals surface area contributed by atoms with Gasteiger partial charge in [0.1, 0.15) is 0 Å². The average molecular weight is 390 g/mol. The largest absolute Gasteiger partial charge is 0.377 e. The first-order chi connectivity index (χ1) is 14.2. The van der Waals surface area contributed by atoms with Crippen molar-refractivity contribution < 1.29 is 9.90 Å². The Bertz CT molecular complexity index is 816. The van der Waals surface area contributed by atoms with Crippen LogP contribution in [0.25, 0.3) is 0 Å². The third kappa shape index (κ3) is 5.79. The Balaban J connectivity index is 1.54. The lowest BCUT2D eigenvalue weighted by molar-refractivity contribution is -0.146. The number of benzene rings is 2. The quantitative estimate of drug-likeness (QED) is 0.512. The van der Waals surface area contributed by atoms with E-state index in [4.69, 9.17) is 0 Å². The molecule has 1 unspecified atom stereocenters. The van der Waals surface area contributed by atoms with Gasteiger partial charge in [0, 0.05) is 19.4 Å². The van der Waals surface area contributed by atoms with Crippen LogP contribution in [0.15, 0.2) is 60.7 Å². The van der Waals surface area contributed by atoms with E-state index in [1.54, 1.807) is 0 Å². The molecule has 3 heteroatoms. The molecular weight excluding hydrogens is 358 g/mol. The van der Waals surface area contributed by atoms with Gasteiger partial charge in [-0.1, -0.05) is 85.8 Å². The molecule has 1 saturated carbocycles. The second kappa shape index (κ2) is 11.0. The highest BCUT2D eigenvalue weighted by Gasteiger charge is 2.44. The third-order valence-corrected chi connectivity index (χ3v) is 5.82. The zero-order valence-corrected chi connectivity index (χ0v) is 17.1. The minimum absolute atomic E-state index is 0.00616. The molecule has 1 aliphatic carbocycles. The van der Waals surface area contributed by atoms with Crippen molar-refractivity contribution in [2.45, 2.75) is 57.1 Å². The van der Waals surface area contributed by atoms with Crippen LogP contribution >= 0.6 is 0 Å². The van der Waals surface area contributed by atoms with Crippen molar-refractivity contribution in [2.75, 3.05) is 6.54 Å². The van der Waals surface area contributed by atoms with E-state index >= 15 is 0 Å². The lowest BCUT2D eigenvalue weighted by atomic mass is 9.70. The maximum atomic E-state index is 13.1. The fourth-order valence-electron chi connectivity index (χ4n) is 4.22. The number of nitrogens with one attached hydrogen (secondary N) is 1. The monoisotopic (exact) mass is 389 g/mol. The van der Waals surface area contributed by atoms with Crippen LogP contribution in [0.3, 0.4) is 0 Å². The van der Waals surface area contributed by atoms with Gasteiger partial charge in [0.05, 0.1) is 6.54 Å². The number of aliphatic hydroxyl groups is 1. The van der Waals surface area contributed by atoms with Crippen molar-refractivity contribution in [1.82, 2.24) is 5.32 Å². The highest BCUT2D eigenvalue weighted by molar-refractivity contribution is 5.88. The Kier molecular flexibility index (Phi) is 8.04. The molecule has 0 amide bonds. The smallest absolute Gasteiger partial charge is 0.170 e. The molecule has 0 aromatic heterocycles. The van der Waals surface area contributed by atoms with Crippen LogP contribution in [-0.4, -0.2) is 17.4 Å². The molecule has 0 saturated heterocycles.